The SMILES string of the molecule is CCNC1CCC(C)(c2ccn(C)n2)C1. The smallest absolute Gasteiger partial charge is 0.0683 e. The fourth-order valence-corrected chi connectivity index (χ4v) is 2.67. The molecule has 3 nitrogen and oxygen atoms in total. The van der Waals surface area contributed by atoms with Gasteiger partial charge in [0.2, 0.25) is 0 Å². The molecule has 2 atom stereocenters. The first-order chi connectivity index (χ1) is 7.14. The van der Waals surface area contributed by atoms with E-state index in [1.54, 1.807) is 0 Å². The second kappa shape index (κ2) is 3.97. The molecule has 1 aliphatic rings. The minimum absolute atomic E-state index is 0.286. The Morgan fingerprint density at radius 1 is 1.67 bits per heavy atom. The Bertz CT molecular complexity index is 331. The van der Waals surface area contributed by atoms with E-state index in [1.807, 2.05) is 17.9 Å². The van der Waals surface area contributed by atoms with Crippen molar-refractivity contribution in [3.8, 4) is 0 Å². The van der Waals surface area contributed by atoms with Crippen LogP contribution in [0, 0.1) is 0 Å². The quantitative estimate of drug-likeness (QED) is 0.819. The third-order valence-corrected chi connectivity index (χ3v) is 3.57. The van der Waals surface area contributed by atoms with Crippen molar-refractivity contribution in [2.45, 2.75) is 44.6 Å². The van der Waals surface area contributed by atoms with E-state index in [9.17, 15) is 0 Å². The molecule has 1 saturated carbocycles. The first-order valence-electron chi connectivity index (χ1n) is 5.87. The van der Waals surface area contributed by atoms with E-state index in [0.29, 0.717) is 6.04 Å². The van der Waals surface area contributed by atoms with Crippen LogP contribution in [0.15, 0.2) is 12.3 Å². The van der Waals surface area contributed by atoms with E-state index < -0.39 is 0 Å². The van der Waals surface area contributed by atoms with Gasteiger partial charge in [0.25, 0.3) is 0 Å². The van der Waals surface area contributed by atoms with Crippen LogP contribution in [0.5, 0.6) is 0 Å². The number of hydrogen-bond acceptors (Lipinski definition) is 2. The highest BCUT2D eigenvalue weighted by Gasteiger charge is 2.37. The summed E-state index contributed by atoms with van der Waals surface area (Å²) in [5.41, 5.74) is 1.54. The van der Waals surface area contributed by atoms with Crippen LogP contribution in [-0.4, -0.2) is 22.4 Å². The fourth-order valence-electron chi connectivity index (χ4n) is 2.67. The molecular weight excluding hydrogens is 186 g/mol. The van der Waals surface area contributed by atoms with E-state index in [1.165, 1.54) is 25.0 Å². The Morgan fingerprint density at radius 2 is 2.47 bits per heavy atom. The van der Waals surface area contributed by atoms with Crippen LogP contribution in [-0.2, 0) is 12.5 Å². The average Bonchev–Trinajstić information content (AvgIpc) is 2.75. The molecule has 1 fully saturated rings. The molecule has 0 amide bonds. The predicted molar refractivity (Wildman–Crippen MR) is 61.9 cm³/mol. The van der Waals surface area contributed by atoms with E-state index >= 15 is 0 Å². The van der Waals surface area contributed by atoms with Gasteiger partial charge in [0.1, 0.15) is 0 Å². The molecule has 1 aromatic heterocycles. The highest BCUT2D eigenvalue weighted by Crippen LogP contribution is 2.39. The Morgan fingerprint density at radius 3 is 3.07 bits per heavy atom. The van der Waals surface area contributed by atoms with Crippen molar-refractivity contribution >= 4 is 0 Å². The second-order valence-corrected chi connectivity index (χ2v) is 4.93. The summed E-state index contributed by atoms with van der Waals surface area (Å²) in [5.74, 6) is 0. The van der Waals surface area contributed by atoms with Crippen molar-refractivity contribution in [3.05, 3.63) is 18.0 Å². The maximum atomic E-state index is 4.55. The second-order valence-electron chi connectivity index (χ2n) is 4.93. The molecule has 0 aromatic carbocycles. The summed E-state index contributed by atoms with van der Waals surface area (Å²) in [4.78, 5) is 0. The third-order valence-electron chi connectivity index (χ3n) is 3.57. The summed E-state index contributed by atoms with van der Waals surface area (Å²) in [6.07, 6.45) is 5.79. The summed E-state index contributed by atoms with van der Waals surface area (Å²) in [7, 11) is 1.99. The van der Waals surface area contributed by atoms with Gasteiger partial charge in [-0.1, -0.05) is 13.8 Å². The maximum absolute atomic E-state index is 4.55. The fraction of sp³-hybridized carbons (Fsp3) is 0.750. The molecule has 0 aliphatic heterocycles. The van der Waals surface area contributed by atoms with Gasteiger partial charge in [0.05, 0.1) is 5.69 Å². The number of nitrogens with zero attached hydrogens (tertiary/aromatic N) is 2. The largest absolute Gasteiger partial charge is 0.314 e. The van der Waals surface area contributed by atoms with Gasteiger partial charge in [-0.2, -0.15) is 5.10 Å². The highest BCUT2D eigenvalue weighted by molar-refractivity contribution is 5.17. The zero-order valence-electron chi connectivity index (χ0n) is 9.95. The Labute approximate surface area is 91.9 Å². The Hall–Kier alpha value is -0.830. The van der Waals surface area contributed by atoms with Gasteiger partial charge < -0.3 is 5.32 Å². The van der Waals surface area contributed by atoms with Crippen molar-refractivity contribution in [1.82, 2.24) is 15.1 Å². The van der Waals surface area contributed by atoms with Crippen molar-refractivity contribution in [1.29, 1.82) is 0 Å². The summed E-state index contributed by atoms with van der Waals surface area (Å²) in [5, 5.41) is 8.09. The Balaban J connectivity index is 2.09. The molecule has 0 radical (unpaired) electrons. The number of nitrogens with one attached hydrogen (secondary N) is 1. The Kier molecular flexibility index (Phi) is 2.83. The molecule has 2 rings (SSSR count). The van der Waals surface area contributed by atoms with Crippen molar-refractivity contribution < 1.29 is 0 Å². The van der Waals surface area contributed by atoms with Gasteiger partial charge in [-0.3, -0.25) is 4.68 Å². The molecule has 0 bridgehead atoms. The minimum atomic E-state index is 0.286. The minimum Gasteiger partial charge on any atom is -0.314 e. The molecular formula is C12H21N3. The third kappa shape index (κ3) is 2.07. The number of aromatic nitrogens is 2. The topological polar surface area (TPSA) is 29.9 Å². The molecule has 1 aliphatic carbocycles. The average molecular weight is 207 g/mol. The van der Waals surface area contributed by atoms with Crippen LogP contribution in [0.2, 0.25) is 0 Å². The van der Waals surface area contributed by atoms with Crippen molar-refractivity contribution in [3.63, 3.8) is 0 Å². The molecule has 2 unspecified atom stereocenters. The van der Waals surface area contributed by atoms with Crippen LogP contribution in [0.4, 0.5) is 0 Å². The van der Waals surface area contributed by atoms with Crippen LogP contribution in [0.1, 0.15) is 38.8 Å². The van der Waals surface area contributed by atoms with Gasteiger partial charge in [-0.05, 0) is 31.9 Å². The standard InChI is InChI=1S/C12H21N3/c1-4-13-10-5-7-12(2,9-10)11-6-8-15(3)14-11/h6,8,10,13H,4-5,7,9H2,1-3H3. The lowest BCUT2D eigenvalue weighted by Gasteiger charge is -2.21. The lowest BCUT2D eigenvalue weighted by atomic mass is 9.85. The molecule has 0 spiro atoms. The van der Waals surface area contributed by atoms with Crippen molar-refractivity contribution in [2.75, 3.05) is 6.54 Å². The van der Waals surface area contributed by atoms with E-state index in [-0.39, 0.29) is 5.41 Å². The van der Waals surface area contributed by atoms with Gasteiger partial charge >= 0.3 is 0 Å². The van der Waals surface area contributed by atoms with E-state index in [2.05, 4.69) is 30.3 Å². The molecule has 1 N–H and O–H groups in total. The summed E-state index contributed by atoms with van der Waals surface area (Å²) >= 11 is 0. The van der Waals surface area contributed by atoms with Gasteiger partial charge in [0.15, 0.2) is 0 Å². The predicted octanol–water partition coefficient (Wildman–Crippen LogP) is 1.84. The zero-order chi connectivity index (χ0) is 10.9. The number of rotatable bonds is 3. The van der Waals surface area contributed by atoms with E-state index in [0.717, 1.165) is 6.54 Å². The first kappa shape index (κ1) is 10.7. The van der Waals surface area contributed by atoms with E-state index in [4.69, 9.17) is 0 Å². The van der Waals surface area contributed by atoms with Gasteiger partial charge in [0, 0.05) is 24.7 Å². The van der Waals surface area contributed by atoms with Crippen LogP contribution in [0.25, 0.3) is 0 Å². The van der Waals surface area contributed by atoms with Crippen molar-refractivity contribution in [2.24, 2.45) is 7.05 Å². The lowest BCUT2D eigenvalue weighted by Crippen LogP contribution is -2.28. The summed E-state index contributed by atoms with van der Waals surface area (Å²) in [6, 6.07) is 2.84. The molecule has 3 heteroatoms. The van der Waals surface area contributed by atoms with Gasteiger partial charge in [-0.15, -0.1) is 0 Å². The normalized spacial score (nSPS) is 31.0. The first-order valence-corrected chi connectivity index (χ1v) is 5.87. The molecule has 84 valence electrons. The number of aryl methyl sites for hydroxylation is 1. The summed E-state index contributed by atoms with van der Waals surface area (Å²) in [6.45, 7) is 5.59. The zero-order valence-corrected chi connectivity index (χ0v) is 9.95. The number of hydrogen-bond donors (Lipinski definition) is 1. The maximum Gasteiger partial charge on any atom is 0.0683 e. The lowest BCUT2D eigenvalue weighted by molar-refractivity contribution is 0.442. The van der Waals surface area contributed by atoms with Crippen LogP contribution < -0.4 is 5.32 Å². The highest BCUT2D eigenvalue weighted by atomic mass is 15.3. The van der Waals surface area contributed by atoms with Crippen LogP contribution in [0.3, 0.4) is 0 Å². The summed E-state index contributed by atoms with van der Waals surface area (Å²) < 4.78 is 1.90. The molecule has 15 heavy (non-hydrogen) atoms. The molecule has 1 heterocycles. The van der Waals surface area contributed by atoms with Crippen LogP contribution >= 0.6 is 0 Å². The molecule has 0 saturated heterocycles. The monoisotopic (exact) mass is 207 g/mol. The van der Waals surface area contributed by atoms with Gasteiger partial charge in [-0.25, -0.2) is 0 Å². The molecule has 1 aromatic rings.